The Bertz CT molecular complexity index is 1080. The highest BCUT2D eigenvalue weighted by atomic mass is 16.5. The predicted octanol–water partition coefficient (Wildman–Crippen LogP) is 4.43. The molecular formula is C29H32N2O5. The van der Waals surface area contributed by atoms with Gasteiger partial charge in [0, 0.05) is 5.92 Å². The van der Waals surface area contributed by atoms with E-state index in [1.165, 1.54) is 7.11 Å². The molecule has 0 heterocycles. The molecule has 0 aliphatic carbocycles. The second kappa shape index (κ2) is 13.1. The van der Waals surface area contributed by atoms with Gasteiger partial charge < -0.3 is 20.1 Å². The van der Waals surface area contributed by atoms with Crippen LogP contribution in [0.5, 0.6) is 0 Å². The summed E-state index contributed by atoms with van der Waals surface area (Å²) in [5.41, 5.74) is 2.52. The third-order valence-corrected chi connectivity index (χ3v) is 5.84. The Hall–Kier alpha value is -4.13. The van der Waals surface area contributed by atoms with Gasteiger partial charge in [-0.25, -0.2) is 9.59 Å². The molecule has 0 radical (unpaired) electrons. The van der Waals surface area contributed by atoms with Gasteiger partial charge in [0.2, 0.25) is 5.91 Å². The summed E-state index contributed by atoms with van der Waals surface area (Å²) in [4.78, 5) is 38.8. The zero-order chi connectivity index (χ0) is 25.9. The lowest BCUT2D eigenvalue weighted by molar-refractivity contribution is -0.145. The molecule has 2 atom stereocenters. The van der Waals surface area contributed by atoms with E-state index in [0.29, 0.717) is 0 Å². The van der Waals surface area contributed by atoms with Gasteiger partial charge in [0.25, 0.3) is 0 Å². The van der Waals surface area contributed by atoms with Crippen LogP contribution in [0.4, 0.5) is 4.79 Å². The van der Waals surface area contributed by atoms with Crippen LogP contribution in [0.15, 0.2) is 91.0 Å². The number of carbonyl (C=O) groups excluding carboxylic acids is 3. The van der Waals surface area contributed by atoms with Crippen molar-refractivity contribution in [2.75, 3.05) is 7.11 Å². The van der Waals surface area contributed by atoms with Crippen LogP contribution >= 0.6 is 0 Å². The minimum atomic E-state index is -1.02. The number of carbonyl (C=O) groups is 3. The molecule has 2 amide bonds. The highest BCUT2D eigenvalue weighted by Gasteiger charge is 2.36. The van der Waals surface area contributed by atoms with Crippen molar-refractivity contribution in [3.8, 4) is 0 Å². The van der Waals surface area contributed by atoms with Crippen LogP contribution in [0.1, 0.15) is 36.5 Å². The third-order valence-electron chi connectivity index (χ3n) is 5.84. The van der Waals surface area contributed by atoms with Gasteiger partial charge >= 0.3 is 12.1 Å². The molecule has 7 heteroatoms. The smallest absolute Gasteiger partial charge is 0.408 e. The van der Waals surface area contributed by atoms with Gasteiger partial charge in [-0.15, -0.1) is 0 Å². The third kappa shape index (κ3) is 7.18. The molecule has 7 nitrogen and oxygen atoms in total. The summed E-state index contributed by atoms with van der Waals surface area (Å²) in [6.45, 7) is 3.69. The van der Waals surface area contributed by atoms with Gasteiger partial charge in [-0.05, 0) is 22.6 Å². The van der Waals surface area contributed by atoms with Crippen LogP contribution in [0.25, 0.3) is 0 Å². The molecular weight excluding hydrogens is 456 g/mol. The number of amides is 2. The number of alkyl carbamates (subject to hydrolysis) is 1. The summed E-state index contributed by atoms with van der Waals surface area (Å²) in [5, 5.41) is 5.48. The van der Waals surface area contributed by atoms with Gasteiger partial charge in [-0.3, -0.25) is 4.79 Å². The summed E-state index contributed by atoms with van der Waals surface area (Å²) in [6.07, 6.45) is -0.718. The molecule has 3 rings (SSSR count). The number of methoxy groups -OCH3 is 1. The van der Waals surface area contributed by atoms with Crippen molar-refractivity contribution >= 4 is 18.0 Å². The molecule has 0 saturated heterocycles. The Labute approximate surface area is 211 Å². The fraction of sp³-hybridized carbons (Fsp3) is 0.276. The van der Waals surface area contributed by atoms with E-state index in [9.17, 15) is 14.4 Å². The van der Waals surface area contributed by atoms with Crippen molar-refractivity contribution in [2.24, 2.45) is 5.92 Å². The fourth-order valence-corrected chi connectivity index (χ4v) is 3.97. The minimum absolute atomic E-state index is 0.0774. The monoisotopic (exact) mass is 488 g/mol. The van der Waals surface area contributed by atoms with Crippen LogP contribution < -0.4 is 10.6 Å². The molecule has 0 unspecified atom stereocenters. The van der Waals surface area contributed by atoms with E-state index in [1.54, 1.807) is 13.8 Å². The first kappa shape index (κ1) is 26.5. The summed E-state index contributed by atoms with van der Waals surface area (Å²) in [7, 11) is 1.29. The summed E-state index contributed by atoms with van der Waals surface area (Å²) in [5.74, 6) is -1.86. The second-order valence-electron chi connectivity index (χ2n) is 8.74. The predicted molar refractivity (Wildman–Crippen MR) is 137 cm³/mol. The number of benzene rings is 3. The second-order valence-corrected chi connectivity index (χ2v) is 8.74. The van der Waals surface area contributed by atoms with E-state index < -0.39 is 36.0 Å². The minimum Gasteiger partial charge on any atom is -0.467 e. The summed E-state index contributed by atoms with van der Waals surface area (Å²) >= 11 is 0. The van der Waals surface area contributed by atoms with Crippen LogP contribution in [0.2, 0.25) is 0 Å². The molecule has 3 aromatic carbocycles. The topological polar surface area (TPSA) is 93.7 Å². The lowest BCUT2D eigenvalue weighted by Crippen LogP contribution is -2.55. The maximum atomic E-state index is 13.4. The number of hydrogen-bond donors (Lipinski definition) is 2. The SMILES string of the molecule is COC(=O)[C@H](NC(=O)[C@@H](NC(=O)OCc1ccccc1)C(C)C)C(c1ccccc1)c1ccccc1. The Kier molecular flexibility index (Phi) is 9.63. The number of hydrogen-bond acceptors (Lipinski definition) is 5. The summed E-state index contributed by atoms with van der Waals surface area (Å²) in [6, 6.07) is 26.2. The maximum Gasteiger partial charge on any atom is 0.408 e. The molecule has 0 spiro atoms. The van der Waals surface area contributed by atoms with Crippen LogP contribution in [-0.4, -0.2) is 37.2 Å². The zero-order valence-corrected chi connectivity index (χ0v) is 20.7. The highest BCUT2D eigenvalue weighted by Crippen LogP contribution is 2.29. The first-order valence-corrected chi connectivity index (χ1v) is 11.9. The molecule has 0 saturated carbocycles. The average molecular weight is 489 g/mol. The Morgan fingerprint density at radius 3 is 1.69 bits per heavy atom. The van der Waals surface area contributed by atoms with Crippen molar-refractivity contribution in [2.45, 2.75) is 38.5 Å². The normalized spacial score (nSPS) is 12.5. The quantitative estimate of drug-likeness (QED) is 0.412. The molecule has 0 aliphatic rings. The molecule has 36 heavy (non-hydrogen) atoms. The first-order valence-electron chi connectivity index (χ1n) is 11.9. The van der Waals surface area contributed by atoms with E-state index in [0.717, 1.165) is 16.7 Å². The van der Waals surface area contributed by atoms with Gasteiger partial charge in [-0.2, -0.15) is 0 Å². The standard InChI is InChI=1S/C29H32N2O5/c1-20(2)25(31-29(34)36-19-21-13-7-4-8-14-21)27(32)30-26(28(33)35-3)24(22-15-9-5-10-16-22)23-17-11-6-12-18-23/h4-18,20,24-26H,19H2,1-3H3,(H,30,32)(H,31,34)/t25-,26+/m0/s1. The highest BCUT2D eigenvalue weighted by molar-refractivity contribution is 5.90. The maximum absolute atomic E-state index is 13.4. The van der Waals surface area contributed by atoms with E-state index in [4.69, 9.17) is 9.47 Å². The molecule has 0 fully saturated rings. The summed E-state index contributed by atoms with van der Waals surface area (Å²) < 4.78 is 10.4. The number of nitrogens with one attached hydrogen (secondary N) is 2. The molecule has 2 N–H and O–H groups in total. The molecule has 0 bridgehead atoms. The van der Waals surface area contributed by atoms with E-state index >= 15 is 0 Å². The molecule has 0 aliphatic heterocycles. The van der Waals surface area contributed by atoms with Crippen molar-refractivity contribution in [1.82, 2.24) is 10.6 Å². The van der Waals surface area contributed by atoms with E-state index in [1.807, 2.05) is 91.0 Å². The number of rotatable bonds is 10. The average Bonchev–Trinajstić information content (AvgIpc) is 2.91. The van der Waals surface area contributed by atoms with Gasteiger partial charge in [-0.1, -0.05) is 105 Å². The van der Waals surface area contributed by atoms with Crippen LogP contribution in [0, 0.1) is 5.92 Å². The van der Waals surface area contributed by atoms with Gasteiger partial charge in [0.05, 0.1) is 7.11 Å². The van der Waals surface area contributed by atoms with E-state index in [-0.39, 0.29) is 12.5 Å². The molecule has 188 valence electrons. The lowest BCUT2D eigenvalue weighted by Gasteiger charge is -2.29. The van der Waals surface area contributed by atoms with Gasteiger partial charge in [0.15, 0.2) is 0 Å². The first-order chi connectivity index (χ1) is 17.4. The van der Waals surface area contributed by atoms with Crippen molar-refractivity contribution in [1.29, 1.82) is 0 Å². The Morgan fingerprint density at radius 1 is 0.722 bits per heavy atom. The van der Waals surface area contributed by atoms with E-state index in [2.05, 4.69) is 10.6 Å². The van der Waals surface area contributed by atoms with Crippen LogP contribution in [-0.2, 0) is 25.7 Å². The molecule has 3 aromatic rings. The fourth-order valence-electron chi connectivity index (χ4n) is 3.97. The van der Waals surface area contributed by atoms with Crippen molar-refractivity contribution < 1.29 is 23.9 Å². The molecule has 0 aromatic heterocycles. The van der Waals surface area contributed by atoms with Crippen molar-refractivity contribution in [3.63, 3.8) is 0 Å². The lowest BCUT2D eigenvalue weighted by atomic mass is 9.84. The van der Waals surface area contributed by atoms with Gasteiger partial charge in [0.1, 0.15) is 18.7 Å². The van der Waals surface area contributed by atoms with Crippen LogP contribution in [0.3, 0.4) is 0 Å². The Morgan fingerprint density at radius 2 is 1.22 bits per heavy atom. The van der Waals surface area contributed by atoms with Crippen molar-refractivity contribution in [3.05, 3.63) is 108 Å². The number of ether oxygens (including phenoxy) is 2. The Balaban J connectivity index is 1.81. The largest absolute Gasteiger partial charge is 0.467 e. The zero-order valence-electron chi connectivity index (χ0n) is 20.7. The number of esters is 1.